The summed E-state index contributed by atoms with van der Waals surface area (Å²) in [4.78, 5) is 10.2. The molecule has 0 saturated carbocycles. The van der Waals surface area contributed by atoms with E-state index in [1.807, 2.05) is 0 Å². The number of rotatable bonds is 16. The monoisotopic (exact) mass is 373 g/mol. The van der Waals surface area contributed by atoms with E-state index in [0.717, 1.165) is 12.8 Å². The molecule has 0 radical (unpaired) electrons. The Bertz CT molecular complexity index is 207. The molecular weight excluding hydrogens is 339 g/mol. The SMILES string of the molecule is CCCCCCCCCCCCCCCCCC(=O)[O-].[Zr]. The van der Waals surface area contributed by atoms with Crippen molar-refractivity contribution >= 4 is 5.97 Å². The Hall–Kier alpha value is 0.353. The minimum atomic E-state index is -0.903. The van der Waals surface area contributed by atoms with Crippen LogP contribution >= 0.6 is 0 Å². The third-order valence-electron chi connectivity index (χ3n) is 3.98. The van der Waals surface area contributed by atoms with Gasteiger partial charge >= 0.3 is 0 Å². The first-order valence-corrected chi connectivity index (χ1v) is 8.97. The Balaban J connectivity index is 0. The van der Waals surface area contributed by atoms with E-state index in [9.17, 15) is 9.90 Å². The minimum absolute atomic E-state index is 0. The van der Waals surface area contributed by atoms with Crippen molar-refractivity contribution in [3.05, 3.63) is 0 Å². The first kappa shape index (κ1) is 23.6. The van der Waals surface area contributed by atoms with E-state index in [2.05, 4.69) is 6.92 Å². The number of hydrogen-bond acceptors (Lipinski definition) is 2. The molecule has 0 aliphatic rings. The van der Waals surface area contributed by atoms with Crippen molar-refractivity contribution in [2.45, 2.75) is 110 Å². The molecule has 0 fully saturated rings. The molecule has 0 bridgehead atoms. The number of carbonyl (C=O) groups excluding carboxylic acids is 1. The quantitative estimate of drug-likeness (QED) is 0.357. The van der Waals surface area contributed by atoms with Crippen LogP contribution in [0.4, 0.5) is 0 Å². The van der Waals surface area contributed by atoms with Gasteiger partial charge in [-0.2, -0.15) is 0 Å². The van der Waals surface area contributed by atoms with Crippen LogP contribution in [-0.4, -0.2) is 5.97 Å². The van der Waals surface area contributed by atoms with Crippen LogP contribution in [0.15, 0.2) is 0 Å². The molecule has 0 heterocycles. The van der Waals surface area contributed by atoms with E-state index >= 15 is 0 Å². The van der Waals surface area contributed by atoms with Gasteiger partial charge in [-0.1, -0.05) is 96.8 Å². The molecule has 0 atom stereocenters. The second-order valence-electron chi connectivity index (χ2n) is 6.07. The topological polar surface area (TPSA) is 40.1 Å². The molecule has 0 rings (SSSR count). The van der Waals surface area contributed by atoms with E-state index in [4.69, 9.17) is 0 Å². The van der Waals surface area contributed by atoms with Crippen molar-refractivity contribution in [1.82, 2.24) is 0 Å². The number of unbranched alkanes of at least 4 members (excludes halogenated alkanes) is 14. The molecule has 0 aliphatic heterocycles. The summed E-state index contributed by atoms with van der Waals surface area (Å²) in [6, 6.07) is 0. The largest absolute Gasteiger partial charge is 0.550 e. The molecule has 0 aromatic rings. The van der Waals surface area contributed by atoms with Gasteiger partial charge in [0.25, 0.3) is 0 Å². The average molecular weight is 375 g/mol. The molecule has 3 heteroatoms. The first-order valence-electron chi connectivity index (χ1n) is 8.97. The van der Waals surface area contributed by atoms with Gasteiger partial charge < -0.3 is 9.90 Å². The molecule has 0 saturated heterocycles. The van der Waals surface area contributed by atoms with Crippen molar-refractivity contribution in [2.24, 2.45) is 0 Å². The summed E-state index contributed by atoms with van der Waals surface area (Å²) in [5.41, 5.74) is 0. The smallest absolute Gasteiger partial charge is 0.0414 e. The van der Waals surface area contributed by atoms with Gasteiger partial charge in [-0.15, -0.1) is 0 Å². The van der Waals surface area contributed by atoms with E-state index in [-0.39, 0.29) is 32.6 Å². The van der Waals surface area contributed by atoms with E-state index in [0.29, 0.717) is 0 Å². The van der Waals surface area contributed by atoms with Crippen molar-refractivity contribution < 1.29 is 36.1 Å². The summed E-state index contributed by atoms with van der Waals surface area (Å²) in [5, 5.41) is 10.2. The van der Waals surface area contributed by atoms with Crippen LogP contribution < -0.4 is 5.11 Å². The molecule has 124 valence electrons. The van der Waals surface area contributed by atoms with Gasteiger partial charge in [0.15, 0.2) is 0 Å². The standard InChI is InChI=1S/C18H36O2.Zr/c1-2-3-4-5-6-7-8-9-10-11-12-13-14-15-16-17-18(19)20;/h2-17H2,1H3,(H,19,20);/p-1. The van der Waals surface area contributed by atoms with Crippen LogP contribution in [0.25, 0.3) is 0 Å². The second kappa shape index (κ2) is 20.4. The molecule has 0 amide bonds. The average Bonchev–Trinajstić information content (AvgIpc) is 2.43. The normalized spacial score (nSPS) is 10.3. The van der Waals surface area contributed by atoms with Crippen molar-refractivity contribution in [2.75, 3.05) is 0 Å². The van der Waals surface area contributed by atoms with Crippen LogP contribution in [0.5, 0.6) is 0 Å². The number of hydrogen-bond donors (Lipinski definition) is 0. The van der Waals surface area contributed by atoms with E-state index in [1.54, 1.807) is 0 Å². The molecule has 0 N–H and O–H groups in total. The summed E-state index contributed by atoms with van der Waals surface area (Å²) in [6.07, 6.45) is 19.9. The Morgan fingerprint density at radius 1 is 0.619 bits per heavy atom. The third-order valence-corrected chi connectivity index (χ3v) is 3.98. The Morgan fingerprint density at radius 3 is 1.19 bits per heavy atom. The van der Waals surface area contributed by atoms with Gasteiger partial charge in [0.05, 0.1) is 0 Å². The molecule has 0 aromatic carbocycles. The molecule has 0 spiro atoms. The first-order chi connectivity index (χ1) is 9.77. The summed E-state index contributed by atoms with van der Waals surface area (Å²) < 4.78 is 0. The van der Waals surface area contributed by atoms with Crippen LogP contribution in [-0.2, 0) is 31.0 Å². The fraction of sp³-hybridized carbons (Fsp3) is 0.944. The molecule has 0 unspecified atom stereocenters. The maximum Gasteiger partial charge on any atom is 0.0414 e. The van der Waals surface area contributed by atoms with Crippen LogP contribution in [0.3, 0.4) is 0 Å². The second-order valence-corrected chi connectivity index (χ2v) is 6.07. The summed E-state index contributed by atoms with van der Waals surface area (Å²) in [5.74, 6) is -0.903. The summed E-state index contributed by atoms with van der Waals surface area (Å²) in [7, 11) is 0. The van der Waals surface area contributed by atoms with E-state index < -0.39 is 5.97 Å². The fourth-order valence-electron chi connectivity index (χ4n) is 2.64. The molecule has 0 aromatic heterocycles. The zero-order chi connectivity index (χ0) is 14.9. The van der Waals surface area contributed by atoms with Gasteiger partial charge in [0.2, 0.25) is 0 Å². The summed E-state index contributed by atoms with van der Waals surface area (Å²) >= 11 is 0. The van der Waals surface area contributed by atoms with Gasteiger partial charge in [0.1, 0.15) is 0 Å². The number of carbonyl (C=O) groups is 1. The number of carboxylic acid groups (broad SMARTS) is 1. The fourth-order valence-corrected chi connectivity index (χ4v) is 2.64. The third kappa shape index (κ3) is 22.8. The minimum Gasteiger partial charge on any atom is -0.550 e. The molecular formula is C18H35O2Zr-. The van der Waals surface area contributed by atoms with Gasteiger partial charge in [-0.25, -0.2) is 0 Å². The molecule has 0 aliphatic carbocycles. The number of carboxylic acids is 1. The van der Waals surface area contributed by atoms with E-state index in [1.165, 1.54) is 83.5 Å². The molecule has 2 nitrogen and oxygen atoms in total. The van der Waals surface area contributed by atoms with Crippen LogP contribution in [0.2, 0.25) is 0 Å². The summed E-state index contributed by atoms with van der Waals surface area (Å²) in [6.45, 7) is 2.27. The Morgan fingerprint density at radius 2 is 0.905 bits per heavy atom. The van der Waals surface area contributed by atoms with Crippen LogP contribution in [0.1, 0.15) is 110 Å². The van der Waals surface area contributed by atoms with Crippen molar-refractivity contribution in [3.8, 4) is 0 Å². The van der Waals surface area contributed by atoms with Crippen molar-refractivity contribution in [3.63, 3.8) is 0 Å². The predicted octanol–water partition coefficient (Wildman–Crippen LogP) is 5.00. The maximum atomic E-state index is 10.2. The van der Waals surface area contributed by atoms with Crippen LogP contribution in [0, 0.1) is 0 Å². The van der Waals surface area contributed by atoms with Gasteiger partial charge in [0, 0.05) is 32.2 Å². The van der Waals surface area contributed by atoms with Crippen molar-refractivity contribution in [1.29, 1.82) is 0 Å². The zero-order valence-electron chi connectivity index (χ0n) is 14.1. The predicted molar refractivity (Wildman–Crippen MR) is 84.6 cm³/mol. The van der Waals surface area contributed by atoms with Gasteiger partial charge in [-0.3, -0.25) is 0 Å². The van der Waals surface area contributed by atoms with Gasteiger partial charge in [-0.05, 0) is 12.8 Å². The Labute approximate surface area is 151 Å². The zero-order valence-corrected chi connectivity index (χ0v) is 16.6. The molecule has 21 heavy (non-hydrogen) atoms. The number of aliphatic carboxylic acids is 1. The maximum absolute atomic E-state index is 10.2. The Kier molecular flexibility index (Phi) is 22.9.